The number of thiophene rings is 1. The average Bonchev–Trinajstić information content (AvgIpc) is 3.44. The third-order valence-corrected chi connectivity index (χ3v) is 5.73. The van der Waals surface area contributed by atoms with E-state index in [-0.39, 0.29) is 5.91 Å². The molecule has 0 atom stereocenters. The maximum atomic E-state index is 12.3. The minimum atomic E-state index is -0.0196. The topological polar surface area (TPSA) is 81.7 Å². The Kier molecular flexibility index (Phi) is 6.66. The second-order valence-corrected chi connectivity index (χ2v) is 7.89. The third kappa shape index (κ3) is 5.50. The van der Waals surface area contributed by atoms with Crippen LogP contribution in [0.2, 0.25) is 0 Å². The van der Waals surface area contributed by atoms with Crippen LogP contribution >= 0.6 is 11.3 Å². The first-order valence-electron chi connectivity index (χ1n) is 9.88. The molecule has 2 aromatic heterocycles. The summed E-state index contributed by atoms with van der Waals surface area (Å²) in [6.45, 7) is 5.18. The highest BCUT2D eigenvalue weighted by Gasteiger charge is 2.16. The molecule has 0 bridgehead atoms. The highest BCUT2D eigenvalue weighted by Crippen LogP contribution is 2.19. The van der Waals surface area contributed by atoms with Crippen LogP contribution in [-0.2, 0) is 29.0 Å². The lowest BCUT2D eigenvalue weighted by molar-refractivity contribution is -0.921. The Labute approximate surface area is 173 Å². The summed E-state index contributed by atoms with van der Waals surface area (Å²) in [7, 11) is 0. The molecule has 1 saturated heterocycles. The first kappa shape index (κ1) is 19.8. The van der Waals surface area contributed by atoms with Crippen LogP contribution in [0.1, 0.15) is 23.4 Å². The minimum absolute atomic E-state index is 0.0196. The Balaban J connectivity index is 1.26. The van der Waals surface area contributed by atoms with Crippen molar-refractivity contribution in [2.75, 3.05) is 26.3 Å². The van der Waals surface area contributed by atoms with Gasteiger partial charge in [0.05, 0.1) is 13.2 Å². The lowest BCUT2D eigenvalue weighted by Crippen LogP contribution is -3.12. The number of nitrogens with one attached hydrogen (secondary N) is 2. The number of ether oxygens (including phenoxy) is 1. The predicted octanol–water partition coefficient (Wildman–Crippen LogP) is 1.46. The quantitative estimate of drug-likeness (QED) is 0.584. The number of morpholine rings is 1. The number of rotatable bonds is 8. The molecule has 1 fully saturated rings. The SMILES string of the molecule is O=C(CCc1nc(-c2ccsc2)no1)NCc1ccccc1C[NH+]1CCOCC1. The number of aromatic nitrogens is 2. The van der Waals surface area contributed by atoms with Gasteiger partial charge in [-0.15, -0.1) is 0 Å². The monoisotopic (exact) mass is 413 g/mol. The van der Waals surface area contributed by atoms with Crippen LogP contribution < -0.4 is 10.2 Å². The van der Waals surface area contributed by atoms with Crippen molar-refractivity contribution < 1.29 is 19.0 Å². The first-order valence-corrected chi connectivity index (χ1v) is 10.8. The summed E-state index contributed by atoms with van der Waals surface area (Å²) in [6, 6.07) is 10.3. The number of amides is 1. The van der Waals surface area contributed by atoms with Crippen molar-refractivity contribution in [1.29, 1.82) is 0 Å². The van der Waals surface area contributed by atoms with E-state index in [9.17, 15) is 4.79 Å². The molecule has 0 radical (unpaired) electrons. The largest absolute Gasteiger partial charge is 0.370 e. The number of hydrogen-bond donors (Lipinski definition) is 2. The molecule has 3 aromatic rings. The molecule has 29 heavy (non-hydrogen) atoms. The summed E-state index contributed by atoms with van der Waals surface area (Å²) in [5.74, 6) is 1.03. The van der Waals surface area contributed by atoms with Gasteiger partial charge in [0.25, 0.3) is 0 Å². The van der Waals surface area contributed by atoms with Gasteiger partial charge >= 0.3 is 0 Å². The van der Waals surface area contributed by atoms with Gasteiger partial charge < -0.3 is 19.5 Å². The molecule has 8 heteroatoms. The smallest absolute Gasteiger partial charge is 0.227 e. The second kappa shape index (κ2) is 9.78. The summed E-state index contributed by atoms with van der Waals surface area (Å²) in [5, 5.41) is 10.9. The lowest BCUT2D eigenvalue weighted by atomic mass is 10.1. The predicted molar refractivity (Wildman–Crippen MR) is 109 cm³/mol. The van der Waals surface area contributed by atoms with E-state index in [2.05, 4.69) is 33.7 Å². The van der Waals surface area contributed by atoms with Crippen molar-refractivity contribution in [3.8, 4) is 11.4 Å². The van der Waals surface area contributed by atoms with Gasteiger partial charge in [-0.2, -0.15) is 16.3 Å². The first-order chi connectivity index (χ1) is 14.3. The molecule has 7 nitrogen and oxygen atoms in total. The van der Waals surface area contributed by atoms with Gasteiger partial charge in [0, 0.05) is 35.9 Å². The normalized spacial score (nSPS) is 14.8. The molecular weight excluding hydrogens is 388 g/mol. The van der Waals surface area contributed by atoms with Gasteiger partial charge in [-0.25, -0.2) is 0 Å². The van der Waals surface area contributed by atoms with Crippen LogP contribution in [0, 0.1) is 0 Å². The summed E-state index contributed by atoms with van der Waals surface area (Å²) in [5.41, 5.74) is 3.38. The van der Waals surface area contributed by atoms with Crippen LogP contribution in [0.4, 0.5) is 0 Å². The van der Waals surface area contributed by atoms with Gasteiger partial charge in [-0.3, -0.25) is 4.79 Å². The fourth-order valence-electron chi connectivity index (χ4n) is 3.38. The van der Waals surface area contributed by atoms with E-state index in [0.717, 1.165) is 44.0 Å². The second-order valence-electron chi connectivity index (χ2n) is 7.11. The molecular formula is C21H25N4O3S+. The number of aryl methyl sites for hydroxylation is 1. The van der Waals surface area contributed by atoms with Crippen LogP contribution in [-0.4, -0.2) is 42.4 Å². The fourth-order valence-corrected chi connectivity index (χ4v) is 4.01. The molecule has 1 aromatic carbocycles. The van der Waals surface area contributed by atoms with Crippen LogP contribution in [0.25, 0.3) is 11.4 Å². The van der Waals surface area contributed by atoms with Crippen molar-refractivity contribution in [3.05, 3.63) is 58.1 Å². The van der Waals surface area contributed by atoms with Crippen LogP contribution in [0.3, 0.4) is 0 Å². The zero-order chi connectivity index (χ0) is 19.9. The highest BCUT2D eigenvalue weighted by atomic mass is 32.1. The maximum Gasteiger partial charge on any atom is 0.227 e. The van der Waals surface area contributed by atoms with E-state index in [1.54, 1.807) is 11.3 Å². The fraction of sp³-hybridized carbons (Fsp3) is 0.381. The molecule has 1 aliphatic heterocycles. The summed E-state index contributed by atoms with van der Waals surface area (Å²) in [4.78, 5) is 18.2. The van der Waals surface area contributed by atoms with Crippen molar-refractivity contribution >= 4 is 17.2 Å². The Morgan fingerprint density at radius 3 is 2.79 bits per heavy atom. The van der Waals surface area contributed by atoms with Crippen LogP contribution in [0.15, 0.2) is 45.6 Å². The lowest BCUT2D eigenvalue weighted by Gasteiger charge is -2.24. The number of carbonyl (C=O) groups is 1. The number of benzene rings is 1. The number of hydrogen-bond acceptors (Lipinski definition) is 6. The molecule has 4 rings (SSSR count). The van der Waals surface area contributed by atoms with Crippen molar-refractivity contribution in [1.82, 2.24) is 15.5 Å². The van der Waals surface area contributed by atoms with Gasteiger partial charge in [0.2, 0.25) is 17.6 Å². The molecule has 152 valence electrons. The molecule has 0 aliphatic carbocycles. The van der Waals surface area contributed by atoms with E-state index < -0.39 is 0 Å². The molecule has 0 saturated carbocycles. The van der Waals surface area contributed by atoms with Gasteiger partial charge in [0.15, 0.2) is 0 Å². The Hall–Kier alpha value is -2.55. The number of nitrogens with zero attached hydrogens (tertiary/aromatic N) is 2. The number of carbonyl (C=O) groups excluding carboxylic acids is 1. The van der Waals surface area contributed by atoms with Gasteiger partial charge in [-0.1, -0.05) is 29.4 Å². The Bertz CT molecular complexity index is 920. The average molecular weight is 414 g/mol. The summed E-state index contributed by atoms with van der Waals surface area (Å²) in [6.07, 6.45) is 0.755. The molecule has 2 N–H and O–H groups in total. The van der Waals surface area contributed by atoms with E-state index in [1.165, 1.54) is 10.5 Å². The molecule has 1 amide bonds. The third-order valence-electron chi connectivity index (χ3n) is 5.05. The molecule has 3 heterocycles. The van der Waals surface area contributed by atoms with Crippen molar-refractivity contribution in [2.24, 2.45) is 0 Å². The number of quaternary nitrogens is 1. The van der Waals surface area contributed by atoms with Crippen molar-refractivity contribution in [3.63, 3.8) is 0 Å². The van der Waals surface area contributed by atoms with E-state index >= 15 is 0 Å². The van der Waals surface area contributed by atoms with E-state index in [0.29, 0.717) is 31.1 Å². The Morgan fingerprint density at radius 2 is 2.00 bits per heavy atom. The van der Waals surface area contributed by atoms with Gasteiger partial charge in [-0.05, 0) is 17.0 Å². The summed E-state index contributed by atoms with van der Waals surface area (Å²) < 4.78 is 10.7. The van der Waals surface area contributed by atoms with Crippen molar-refractivity contribution in [2.45, 2.75) is 25.9 Å². The standard InChI is InChI=1S/C21H24N4O3S/c26-19(5-6-20-23-21(24-28-20)18-7-12-29-15-18)22-13-16-3-1-2-4-17(16)14-25-8-10-27-11-9-25/h1-4,7,12,15H,5-6,8-11,13-14H2,(H,22,26)/p+1. The highest BCUT2D eigenvalue weighted by molar-refractivity contribution is 7.08. The molecule has 1 aliphatic rings. The zero-order valence-electron chi connectivity index (χ0n) is 16.2. The minimum Gasteiger partial charge on any atom is -0.370 e. The van der Waals surface area contributed by atoms with E-state index in [1.807, 2.05) is 22.9 Å². The Morgan fingerprint density at radius 1 is 1.17 bits per heavy atom. The summed E-state index contributed by atoms with van der Waals surface area (Å²) >= 11 is 1.58. The maximum absolute atomic E-state index is 12.3. The van der Waals surface area contributed by atoms with Gasteiger partial charge in [0.1, 0.15) is 19.6 Å². The van der Waals surface area contributed by atoms with E-state index in [4.69, 9.17) is 9.26 Å². The molecule has 0 unspecified atom stereocenters. The van der Waals surface area contributed by atoms with Crippen LogP contribution in [0.5, 0.6) is 0 Å². The molecule has 0 spiro atoms. The zero-order valence-corrected chi connectivity index (χ0v) is 17.0.